The van der Waals surface area contributed by atoms with Crippen LogP contribution in [0.25, 0.3) is 0 Å². The summed E-state index contributed by atoms with van der Waals surface area (Å²) >= 11 is 0. The molecule has 0 unspecified atom stereocenters. The van der Waals surface area contributed by atoms with Gasteiger partial charge in [0, 0.05) is 32.4 Å². The van der Waals surface area contributed by atoms with E-state index in [-0.39, 0.29) is 12.0 Å². The summed E-state index contributed by atoms with van der Waals surface area (Å²) in [6, 6.07) is 0. The van der Waals surface area contributed by atoms with Gasteiger partial charge in [-0.25, -0.2) is 9.97 Å². The van der Waals surface area contributed by atoms with Crippen molar-refractivity contribution in [1.29, 1.82) is 0 Å². The van der Waals surface area contributed by atoms with Crippen LogP contribution in [0.2, 0.25) is 0 Å². The second-order valence-electron chi connectivity index (χ2n) is 6.40. The maximum atomic E-state index is 12.4. The number of rotatable bonds is 3. The lowest BCUT2D eigenvalue weighted by atomic mass is 10.1. The predicted octanol–water partition coefficient (Wildman–Crippen LogP) is 1.60. The Morgan fingerprint density at radius 1 is 1.23 bits per heavy atom. The Kier molecular flexibility index (Phi) is 3.70. The summed E-state index contributed by atoms with van der Waals surface area (Å²) in [6.07, 6.45) is 7.73. The first-order chi connectivity index (χ1) is 10.8. The van der Waals surface area contributed by atoms with Crippen LogP contribution in [0.5, 0.6) is 0 Å². The first kappa shape index (κ1) is 13.9. The van der Waals surface area contributed by atoms with Crippen LogP contribution in [0.1, 0.15) is 48.2 Å². The van der Waals surface area contributed by atoms with Gasteiger partial charge in [-0.2, -0.15) is 0 Å². The van der Waals surface area contributed by atoms with Gasteiger partial charge in [-0.1, -0.05) is 0 Å². The first-order valence-corrected chi connectivity index (χ1v) is 8.33. The predicted molar refractivity (Wildman–Crippen MR) is 81.8 cm³/mol. The van der Waals surface area contributed by atoms with E-state index in [4.69, 9.17) is 4.74 Å². The van der Waals surface area contributed by atoms with Gasteiger partial charge in [0.05, 0.1) is 23.9 Å². The summed E-state index contributed by atoms with van der Waals surface area (Å²) in [5.74, 6) is 0.834. The van der Waals surface area contributed by atoms with E-state index in [0.29, 0.717) is 18.7 Å². The first-order valence-electron chi connectivity index (χ1n) is 8.33. The van der Waals surface area contributed by atoms with Crippen LogP contribution in [0, 0.1) is 0 Å². The number of carbonyl (C=O) groups excluding carboxylic acids is 1. The third-order valence-electron chi connectivity index (χ3n) is 4.80. The zero-order chi connectivity index (χ0) is 14.9. The minimum atomic E-state index is 0.0516. The molecule has 4 heterocycles. The molecule has 0 saturated carbocycles. The van der Waals surface area contributed by atoms with Crippen LogP contribution in [-0.2, 0) is 11.3 Å². The van der Waals surface area contributed by atoms with Gasteiger partial charge in [-0.05, 0) is 32.1 Å². The van der Waals surface area contributed by atoms with Crippen molar-refractivity contribution in [3.8, 4) is 0 Å². The monoisotopic (exact) mass is 302 g/mol. The maximum absolute atomic E-state index is 12.4. The van der Waals surface area contributed by atoms with Crippen LogP contribution in [0.15, 0.2) is 6.20 Å². The third kappa shape index (κ3) is 2.56. The Hall–Kier alpha value is -1.69. The largest absolute Gasteiger partial charge is 0.376 e. The van der Waals surface area contributed by atoms with Crippen LogP contribution in [0.3, 0.4) is 0 Å². The molecule has 1 aromatic rings. The number of fused-ring (bicyclic) bond motifs is 1. The molecule has 2 fully saturated rings. The number of piperidine rings is 1. The van der Waals surface area contributed by atoms with E-state index < -0.39 is 0 Å². The van der Waals surface area contributed by atoms with Gasteiger partial charge in [0.25, 0.3) is 5.91 Å². The number of hydrogen-bond donors (Lipinski definition) is 0. The SMILES string of the molecule is O=C1c2cnc(N3CCCCC3)nc2CN1C[C@H]1CCCO1. The second-order valence-corrected chi connectivity index (χ2v) is 6.40. The van der Waals surface area contributed by atoms with E-state index in [9.17, 15) is 4.79 Å². The molecule has 4 rings (SSSR count). The minimum absolute atomic E-state index is 0.0516. The molecule has 0 radical (unpaired) electrons. The van der Waals surface area contributed by atoms with Gasteiger partial charge in [0.15, 0.2) is 0 Å². The Labute approximate surface area is 130 Å². The Balaban J connectivity index is 1.49. The lowest BCUT2D eigenvalue weighted by Gasteiger charge is -2.26. The molecule has 6 heteroatoms. The number of anilines is 1. The van der Waals surface area contributed by atoms with E-state index >= 15 is 0 Å². The van der Waals surface area contributed by atoms with Gasteiger partial charge < -0.3 is 14.5 Å². The number of nitrogens with zero attached hydrogens (tertiary/aromatic N) is 4. The van der Waals surface area contributed by atoms with Crippen LogP contribution >= 0.6 is 0 Å². The fraction of sp³-hybridized carbons (Fsp3) is 0.688. The smallest absolute Gasteiger partial charge is 0.257 e. The van der Waals surface area contributed by atoms with Gasteiger partial charge in [-0.3, -0.25) is 4.79 Å². The minimum Gasteiger partial charge on any atom is -0.376 e. The van der Waals surface area contributed by atoms with E-state index in [0.717, 1.165) is 44.2 Å². The van der Waals surface area contributed by atoms with Gasteiger partial charge in [0.1, 0.15) is 0 Å². The summed E-state index contributed by atoms with van der Waals surface area (Å²) in [4.78, 5) is 25.6. The summed E-state index contributed by atoms with van der Waals surface area (Å²) in [6.45, 7) is 4.13. The Morgan fingerprint density at radius 2 is 2.09 bits per heavy atom. The lowest BCUT2D eigenvalue weighted by molar-refractivity contribution is 0.0544. The average Bonchev–Trinajstić information content (AvgIpc) is 3.17. The van der Waals surface area contributed by atoms with Crippen molar-refractivity contribution in [3.05, 3.63) is 17.5 Å². The fourth-order valence-electron chi connectivity index (χ4n) is 3.56. The number of hydrogen-bond acceptors (Lipinski definition) is 5. The molecule has 0 aliphatic carbocycles. The average molecular weight is 302 g/mol. The van der Waals surface area contributed by atoms with Crippen LogP contribution < -0.4 is 4.90 Å². The molecule has 0 bridgehead atoms. The molecule has 22 heavy (non-hydrogen) atoms. The molecular weight excluding hydrogens is 280 g/mol. The molecule has 0 aromatic carbocycles. The number of aromatic nitrogens is 2. The van der Waals surface area contributed by atoms with Crippen molar-refractivity contribution in [3.63, 3.8) is 0 Å². The summed E-state index contributed by atoms with van der Waals surface area (Å²) in [7, 11) is 0. The highest BCUT2D eigenvalue weighted by atomic mass is 16.5. The molecule has 0 spiro atoms. The van der Waals surface area contributed by atoms with E-state index in [1.807, 2.05) is 4.90 Å². The topological polar surface area (TPSA) is 58.6 Å². The molecule has 3 aliphatic heterocycles. The quantitative estimate of drug-likeness (QED) is 0.849. The highest BCUT2D eigenvalue weighted by Gasteiger charge is 2.32. The number of ether oxygens (including phenoxy) is 1. The van der Waals surface area contributed by atoms with Crippen molar-refractivity contribution >= 4 is 11.9 Å². The zero-order valence-corrected chi connectivity index (χ0v) is 12.8. The second kappa shape index (κ2) is 5.83. The van der Waals surface area contributed by atoms with Crippen molar-refractivity contribution in [2.45, 2.75) is 44.8 Å². The summed E-state index contributed by atoms with van der Waals surface area (Å²) in [5, 5.41) is 0. The molecule has 6 nitrogen and oxygen atoms in total. The van der Waals surface area contributed by atoms with E-state index in [1.54, 1.807) is 6.20 Å². The fourth-order valence-corrected chi connectivity index (χ4v) is 3.56. The standard InChI is InChI=1S/C16H22N4O2/c21-15-13-9-17-16(19-6-2-1-3-7-19)18-14(13)11-20(15)10-12-5-4-8-22-12/h9,12H,1-8,10-11H2/t12-/m1/s1. The van der Waals surface area contributed by atoms with Crippen LogP contribution in [-0.4, -0.2) is 53.1 Å². The normalized spacial score (nSPS) is 24.9. The maximum Gasteiger partial charge on any atom is 0.257 e. The van der Waals surface area contributed by atoms with Gasteiger partial charge >= 0.3 is 0 Å². The van der Waals surface area contributed by atoms with Crippen molar-refractivity contribution < 1.29 is 9.53 Å². The van der Waals surface area contributed by atoms with Crippen LogP contribution in [0.4, 0.5) is 5.95 Å². The summed E-state index contributed by atoms with van der Waals surface area (Å²) in [5.41, 5.74) is 1.54. The molecule has 1 atom stereocenters. The molecule has 0 N–H and O–H groups in total. The molecule has 2 saturated heterocycles. The van der Waals surface area contributed by atoms with Crippen molar-refractivity contribution in [1.82, 2.24) is 14.9 Å². The van der Waals surface area contributed by atoms with Gasteiger partial charge in [-0.15, -0.1) is 0 Å². The lowest BCUT2D eigenvalue weighted by Crippen LogP contribution is -2.32. The van der Waals surface area contributed by atoms with E-state index in [1.165, 1.54) is 19.3 Å². The summed E-state index contributed by atoms with van der Waals surface area (Å²) < 4.78 is 5.64. The van der Waals surface area contributed by atoms with Crippen molar-refractivity contribution in [2.75, 3.05) is 31.1 Å². The highest BCUT2D eigenvalue weighted by molar-refractivity contribution is 5.97. The Bertz CT molecular complexity index is 565. The molecule has 3 aliphatic rings. The van der Waals surface area contributed by atoms with Gasteiger partial charge in [0.2, 0.25) is 5.95 Å². The Morgan fingerprint density at radius 3 is 2.86 bits per heavy atom. The zero-order valence-electron chi connectivity index (χ0n) is 12.8. The van der Waals surface area contributed by atoms with E-state index in [2.05, 4.69) is 14.9 Å². The molecular formula is C16H22N4O2. The molecule has 1 aromatic heterocycles. The molecule has 1 amide bonds. The number of carbonyl (C=O) groups is 1. The highest BCUT2D eigenvalue weighted by Crippen LogP contribution is 2.25. The third-order valence-corrected chi connectivity index (χ3v) is 4.80. The van der Waals surface area contributed by atoms with Crippen molar-refractivity contribution in [2.24, 2.45) is 0 Å². The molecule has 118 valence electrons. The number of amides is 1.